The van der Waals surface area contributed by atoms with Crippen LogP contribution in [0.5, 0.6) is 5.75 Å². The van der Waals surface area contributed by atoms with Crippen LogP contribution < -0.4 is 10.1 Å². The van der Waals surface area contributed by atoms with Crippen LogP contribution in [0.2, 0.25) is 0 Å². The van der Waals surface area contributed by atoms with Crippen molar-refractivity contribution in [2.75, 3.05) is 12.9 Å². The molecule has 0 radical (unpaired) electrons. The third-order valence-corrected chi connectivity index (χ3v) is 4.95. The number of benzene rings is 1. The van der Waals surface area contributed by atoms with Gasteiger partial charge in [-0.3, -0.25) is 4.79 Å². The van der Waals surface area contributed by atoms with Gasteiger partial charge in [0, 0.05) is 24.3 Å². The Balaban J connectivity index is 1.93. The number of para-hydroxylation sites is 1. The summed E-state index contributed by atoms with van der Waals surface area (Å²) < 4.78 is 7.51. The number of nitrogens with zero attached hydrogens (tertiary/aromatic N) is 2. The molecule has 0 fully saturated rings. The molecule has 0 unspecified atom stereocenters. The van der Waals surface area contributed by atoms with Gasteiger partial charge in [-0.2, -0.15) is 0 Å². The van der Waals surface area contributed by atoms with Gasteiger partial charge in [0.05, 0.1) is 18.6 Å². The number of amides is 1. The Labute approximate surface area is 154 Å². The third kappa shape index (κ3) is 5.26. The number of carbonyl (C=O) groups is 1. The number of thioether (sulfide) groups is 1. The molecule has 0 spiro atoms. The molecule has 0 bridgehead atoms. The molecule has 25 heavy (non-hydrogen) atoms. The van der Waals surface area contributed by atoms with Crippen molar-refractivity contribution in [2.45, 2.75) is 45.9 Å². The zero-order valence-corrected chi connectivity index (χ0v) is 16.4. The van der Waals surface area contributed by atoms with E-state index in [1.807, 2.05) is 31.2 Å². The van der Waals surface area contributed by atoms with Crippen LogP contribution in [0.4, 0.5) is 0 Å². The van der Waals surface area contributed by atoms with Crippen molar-refractivity contribution >= 4 is 17.7 Å². The number of hydrogen-bond donors (Lipinski definition) is 1. The van der Waals surface area contributed by atoms with E-state index in [1.165, 1.54) is 17.5 Å². The Kier molecular flexibility index (Phi) is 6.93. The van der Waals surface area contributed by atoms with E-state index in [-0.39, 0.29) is 5.91 Å². The Hall–Kier alpha value is -1.95. The minimum absolute atomic E-state index is 0.00897. The normalized spacial score (nSPS) is 11.0. The summed E-state index contributed by atoms with van der Waals surface area (Å²) >= 11 is 1.49. The minimum Gasteiger partial charge on any atom is -0.496 e. The monoisotopic (exact) mass is 361 g/mol. The molecule has 1 aromatic heterocycles. The van der Waals surface area contributed by atoms with Crippen LogP contribution in [0.15, 0.2) is 29.4 Å². The van der Waals surface area contributed by atoms with Crippen molar-refractivity contribution in [1.82, 2.24) is 14.9 Å². The largest absolute Gasteiger partial charge is 0.496 e. The second kappa shape index (κ2) is 8.94. The molecule has 136 valence electrons. The van der Waals surface area contributed by atoms with Gasteiger partial charge < -0.3 is 14.6 Å². The average molecular weight is 362 g/mol. The summed E-state index contributed by atoms with van der Waals surface area (Å²) in [5, 5.41) is 3.86. The molecule has 0 aliphatic heterocycles. The van der Waals surface area contributed by atoms with Gasteiger partial charge in [0.1, 0.15) is 5.75 Å². The van der Waals surface area contributed by atoms with E-state index in [0.29, 0.717) is 18.2 Å². The van der Waals surface area contributed by atoms with E-state index in [9.17, 15) is 4.79 Å². The molecule has 6 heteroatoms. The fourth-order valence-electron chi connectivity index (χ4n) is 2.54. The summed E-state index contributed by atoms with van der Waals surface area (Å²) in [6.45, 7) is 9.83. The number of carbonyl (C=O) groups excluding carboxylic acids is 1. The van der Waals surface area contributed by atoms with E-state index < -0.39 is 0 Å². The molecule has 0 atom stereocenters. The molecule has 1 amide bonds. The molecule has 1 heterocycles. The lowest BCUT2D eigenvalue weighted by Gasteiger charge is -2.12. The number of imidazole rings is 1. The Morgan fingerprint density at radius 1 is 1.32 bits per heavy atom. The maximum absolute atomic E-state index is 12.2. The van der Waals surface area contributed by atoms with Crippen molar-refractivity contribution < 1.29 is 9.53 Å². The zero-order chi connectivity index (χ0) is 18.4. The second-order valence-corrected chi connectivity index (χ2v) is 7.39. The average Bonchev–Trinajstić information content (AvgIpc) is 2.85. The summed E-state index contributed by atoms with van der Waals surface area (Å²) in [6, 6.07) is 7.70. The quantitative estimate of drug-likeness (QED) is 0.730. The molecule has 0 aliphatic rings. The highest BCUT2D eigenvalue weighted by atomic mass is 32.2. The van der Waals surface area contributed by atoms with Crippen LogP contribution in [-0.4, -0.2) is 28.3 Å². The van der Waals surface area contributed by atoms with Crippen molar-refractivity contribution in [3.05, 3.63) is 41.2 Å². The topological polar surface area (TPSA) is 56.1 Å². The lowest BCUT2D eigenvalue weighted by Crippen LogP contribution is -2.25. The number of aryl methyl sites for hydroxylation is 1. The smallest absolute Gasteiger partial charge is 0.230 e. The first-order valence-corrected chi connectivity index (χ1v) is 9.46. The standard InChI is InChI=1S/C19H27N3O2S/c1-13(2)11-22-15(4)14(3)21-19(22)25-12-18(23)20-10-16-8-6-7-9-17(16)24-5/h6-9,13H,10-12H2,1-5H3,(H,20,23). The molecular weight excluding hydrogens is 334 g/mol. The number of aromatic nitrogens is 2. The van der Waals surface area contributed by atoms with Crippen molar-refractivity contribution in [2.24, 2.45) is 5.92 Å². The summed E-state index contributed by atoms with van der Waals surface area (Å²) in [6.07, 6.45) is 0. The van der Waals surface area contributed by atoms with E-state index >= 15 is 0 Å². The molecule has 0 aliphatic carbocycles. The van der Waals surface area contributed by atoms with Crippen molar-refractivity contribution in [3.8, 4) is 5.75 Å². The highest BCUT2D eigenvalue weighted by Gasteiger charge is 2.14. The maximum Gasteiger partial charge on any atom is 0.230 e. The van der Waals surface area contributed by atoms with E-state index in [4.69, 9.17) is 4.74 Å². The van der Waals surface area contributed by atoms with Gasteiger partial charge in [0.25, 0.3) is 0 Å². The number of rotatable bonds is 8. The molecule has 5 nitrogen and oxygen atoms in total. The van der Waals surface area contributed by atoms with Crippen molar-refractivity contribution in [1.29, 1.82) is 0 Å². The number of ether oxygens (including phenoxy) is 1. The van der Waals surface area contributed by atoms with Gasteiger partial charge in [-0.05, 0) is 25.8 Å². The van der Waals surface area contributed by atoms with Crippen molar-refractivity contribution in [3.63, 3.8) is 0 Å². The summed E-state index contributed by atoms with van der Waals surface area (Å²) in [5.74, 6) is 1.66. The minimum atomic E-state index is -0.00897. The van der Waals surface area contributed by atoms with Gasteiger partial charge in [0.2, 0.25) is 5.91 Å². The fraction of sp³-hybridized carbons (Fsp3) is 0.474. The number of methoxy groups -OCH3 is 1. The third-order valence-electron chi connectivity index (χ3n) is 3.97. The molecular formula is C19H27N3O2S. The van der Waals surface area contributed by atoms with E-state index in [0.717, 1.165) is 28.7 Å². The zero-order valence-electron chi connectivity index (χ0n) is 15.6. The van der Waals surface area contributed by atoms with Crippen LogP contribution >= 0.6 is 11.8 Å². The first-order chi connectivity index (χ1) is 11.9. The lowest BCUT2D eigenvalue weighted by molar-refractivity contribution is -0.118. The summed E-state index contributed by atoms with van der Waals surface area (Å²) in [4.78, 5) is 16.8. The highest BCUT2D eigenvalue weighted by molar-refractivity contribution is 7.99. The summed E-state index contributed by atoms with van der Waals surface area (Å²) in [7, 11) is 1.63. The van der Waals surface area contributed by atoms with Gasteiger partial charge >= 0.3 is 0 Å². The van der Waals surface area contributed by atoms with Crippen LogP contribution in [-0.2, 0) is 17.9 Å². The predicted octanol–water partition coefficient (Wildman–Crippen LogP) is 3.57. The SMILES string of the molecule is COc1ccccc1CNC(=O)CSc1nc(C)c(C)n1CC(C)C. The highest BCUT2D eigenvalue weighted by Crippen LogP contribution is 2.22. The Morgan fingerprint density at radius 3 is 2.72 bits per heavy atom. The van der Waals surface area contributed by atoms with E-state index in [1.54, 1.807) is 7.11 Å². The predicted molar refractivity (Wildman–Crippen MR) is 102 cm³/mol. The van der Waals surface area contributed by atoms with Gasteiger partial charge in [-0.25, -0.2) is 4.98 Å². The molecule has 2 rings (SSSR count). The van der Waals surface area contributed by atoms with Crippen LogP contribution in [0.1, 0.15) is 30.8 Å². The van der Waals surface area contributed by atoms with E-state index in [2.05, 4.69) is 35.6 Å². The molecule has 0 saturated carbocycles. The van der Waals surface area contributed by atoms with Gasteiger partial charge in [-0.1, -0.05) is 43.8 Å². The van der Waals surface area contributed by atoms with Crippen LogP contribution in [0.25, 0.3) is 0 Å². The van der Waals surface area contributed by atoms with Crippen LogP contribution in [0.3, 0.4) is 0 Å². The molecule has 1 aromatic carbocycles. The maximum atomic E-state index is 12.2. The second-order valence-electron chi connectivity index (χ2n) is 6.45. The first-order valence-electron chi connectivity index (χ1n) is 8.47. The number of hydrogen-bond acceptors (Lipinski definition) is 4. The molecule has 1 N–H and O–H groups in total. The van der Waals surface area contributed by atoms with Gasteiger partial charge in [0.15, 0.2) is 5.16 Å². The Morgan fingerprint density at radius 2 is 2.04 bits per heavy atom. The van der Waals surface area contributed by atoms with Gasteiger partial charge in [-0.15, -0.1) is 0 Å². The lowest BCUT2D eigenvalue weighted by atomic mass is 10.2. The number of nitrogens with one attached hydrogen (secondary N) is 1. The summed E-state index contributed by atoms with van der Waals surface area (Å²) in [5.41, 5.74) is 3.17. The Bertz CT molecular complexity index is 725. The van der Waals surface area contributed by atoms with Crippen LogP contribution in [0, 0.1) is 19.8 Å². The molecule has 2 aromatic rings. The molecule has 0 saturated heterocycles. The fourth-order valence-corrected chi connectivity index (χ4v) is 3.47. The first kappa shape index (κ1) is 19.4.